The molecule has 1 fully saturated rings. The summed E-state index contributed by atoms with van der Waals surface area (Å²) in [7, 11) is 2.64. The number of methoxy groups -OCH3 is 2. The second kappa shape index (κ2) is 9.60. The highest BCUT2D eigenvalue weighted by atomic mass is 16.7. The molecule has 4 rings (SSSR count). The molecular formula is C23H24O12. The monoisotopic (exact) mass is 492 g/mol. The Morgan fingerprint density at radius 2 is 1.54 bits per heavy atom. The molecule has 3 aliphatic rings. The topological polar surface area (TPSA) is 189 Å². The Labute approximate surface area is 198 Å². The second-order valence-electron chi connectivity index (χ2n) is 7.84. The molecule has 5 atom stereocenters. The third-order valence-electron chi connectivity index (χ3n) is 5.64. The molecule has 2 heterocycles. The van der Waals surface area contributed by atoms with Crippen LogP contribution in [0.15, 0.2) is 39.5 Å². The highest BCUT2D eigenvalue weighted by Gasteiger charge is 2.45. The van der Waals surface area contributed by atoms with E-state index in [2.05, 4.69) is 0 Å². The van der Waals surface area contributed by atoms with E-state index < -0.39 is 48.5 Å². The Morgan fingerprint density at radius 1 is 0.886 bits per heavy atom. The number of hydrogen-bond donors (Lipinski definition) is 6. The number of aliphatic hydroxyl groups excluding tert-OH is 4. The molecule has 12 heteroatoms. The largest absolute Gasteiger partial charge is 0.507 e. The van der Waals surface area contributed by atoms with E-state index in [0.717, 1.165) is 12.1 Å². The molecule has 188 valence electrons. The van der Waals surface area contributed by atoms with Crippen LogP contribution in [0.3, 0.4) is 0 Å². The minimum Gasteiger partial charge on any atom is -0.507 e. The van der Waals surface area contributed by atoms with Gasteiger partial charge in [0, 0.05) is 17.7 Å². The van der Waals surface area contributed by atoms with E-state index in [-0.39, 0.29) is 45.6 Å². The Morgan fingerprint density at radius 3 is 2.14 bits per heavy atom. The summed E-state index contributed by atoms with van der Waals surface area (Å²) in [6.07, 6.45) is -7.82. The number of benzene rings is 2. The molecule has 0 saturated carbocycles. The summed E-state index contributed by atoms with van der Waals surface area (Å²) in [6, 6.07) is 6.22. The van der Waals surface area contributed by atoms with Crippen LogP contribution in [0.5, 0.6) is 28.7 Å². The predicted octanol–water partition coefficient (Wildman–Crippen LogP) is 0.0187. The van der Waals surface area contributed by atoms with Crippen molar-refractivity contribution in [2.45, 2.75) is 30.7 Å². The SMILES string of the molecule is COc1cc(-c2oc3cc(=O)cc(O)c-3cc2OC2O[C@H](CO)[C@@H](O)[C@H](O)[C@H]2O)cc(OC)c1O. The Bertz CT molecular complexity index is 1210. The molecule has 1 aromatic rings. The van der Waals surface area contributed by atoms with Gasteiger partial charge in [-0.2, -0.15) is 0 Å². The van der Waals surface area contributed by atoms with Gasteiger partial charge in [-0.3, -0.25) is 4.79 Å². The predicted molar refractivity (Wildman–Crippen MR) is 118 cm³/mol. The fourth-order valence-electron chi connectivity index (χ4n) is 3.78. The maximum atomic E-state index is 11.9. The van der Waals surface area contributed by atoms with Crippen molar-refractivity contribution < 1.29 is 54.0 Å². The van der Waals surface area contributed by atoms with Gasteiger partial charge in [0.1, 0.15) is 35.9 Å². The molecular weight excluding hydrogens is 468 g/mol. The third-order valence-corrected chi connectivity index (χ3v) is 5.64. The van der Waals surface area contributed by atoms with Gasteiger partial charge >= 0.3 is 0 Å². The number of fused-ring (bicyclic) bond motifs is 1. The van der Waals surface area contributed by atoms with Gasteiger partial charge in [-0.05, 0) is 18.2 Å². The van der Waals surface area contributed by atoms with Crippen LogP contribution >= 0.6 is 0 Å². The molecule has 2 aliphatic heterocycles. The standard InChI is InChI=1S/C23H24O12/c1-31-14-3-9(4-15(32-2)18(14)27)22-16(7-11-12(26)5-10(25)6-13(11)33-22)34-23-21(30)20(29)19(28)17(8-24)35-23/h3-7,17,19-21,23-24,26-30H,8H2,1-2H3/t17-,19-,20+,21-,23?/m1/s1. The summed E-state index contributed by atoms with van der Waals surface area (Å²) in [6.45, 7) is -0.667. The number of phenolic OH excluding ortho intramolecular Hbond substituents is 2. The van der Waals surface area contributed by atoms with Crippen molar-refractivity contribution in [1.82, 2.24) is 0 Å². The first-order valence-corrected chi connectivity index (χ1v) is 10.4. The maximum absolute atomic E-state index is 11.9. The lowest BCUT2D eigenvalue weighted by Crippen LogP contribution is -2.60. The number of aromatic hydroxyl groups is 2. The van der Waals surface area contributed by atoms with Gasteiger partial charge in [-0.15, -0.1) is 0 Å². The van der Waals surface area contributed by atoms with Crippen molar-refractivity contribution in [3.63, 3.8) is 0 Å². The zero-order chi connectivity index (χ0) is 25.4. The molecule has 1 aromatic carbocycles. The van der Waals surface area contributed by atoms with E-state index in [1.54, 1.807) is 0 Å². The fourth-order valence-corrected chi connectivity index (χ4v) is 3.78. The summed E-state index contributed by atoms with van der Waals surface area (Å²) in [5, 5.41) is 60.6. The van der Waals surface area contributed by atoms with E-state index in [9.17, 15) is 35.4 Å². The molecule has 6 N–H and O–H groups in total. The third kappa shape index (κ3) is 4.45. The molecule has 1 unspecified atom stereocenters. The molecule has 12 nitrogen and oxygen atoms in total. The molecule has 0 spiro atoms. The Balaban J connectivity index is 1.89. The number of hydrogen-bond acceptors (Lipinski definition) is 12. The molecule has 35 heavy (non-hydrogen) atoms. The number of aliphatic hydroxyl groups is 4. The highest BCUT2D eigenvalue weighted by molar-refractivity contribution is 5.77. The van der Waals surface area contributed by atoms with Crippen LogP contribution in [0.4, 0.5) is 0 Å². The lowest BCUT2D eigenvalue weighted by molar-refractivity contribution is -0.277. The first-order chi connectivity index (χ1) is 16.7. The zero-order valence-electron chi connectivity index (χ0n) is 18.6. The van der Waals surface area contributed by atoms with E-state index in [0.29, 0.717) is 0 Å². The lowest BCUT2D eigenvalue weighted by atomic mass is 9.99. The van der Waals surface area contributed by atoms with Crippen molar-refractivity contribution in [2.75, 3.05) is 20.8 Å². The Hall–Kier alpha value is -3.55. The van der Waals surface area contributed by atoms with E-state index in [4.69, 9.17) is 23.4 Å². The molecule has 1 saturated heterocycles. The summed E-state index contributed by atoms with van der Waals surface area (Å²) < 4.78 is 27.5. The number of rotatable bonds is 6. The second-order valence-corrected chi connectivity index (χ2v) is 7.84. The average Bonchev–Trinajstić information content (AvgIpc) is 2.84. The van der Waals surface area contributed by atoms with Gasteiger partial charge in [0.05, 0.1) is 26.4 Å². The van der Waals surface area contributed by atoms with Crippen molar-refractivity contribution in [1.29, 1.82) is 0 Å². The van der Waals surface area contributed by atoms with Crippen LogP contribution in [0.1, 0.15) is 0 Å². The van der Waals surface area contributed by atoms with Crippen LogP contribution < -0.4 is 19.6 Å². The van der Waals surface area contributed by atoms with E-state index in [1.807, 2.05) is 0 Å². The lowest BCUT2D eigenvalue weighted by Gasteiger charge is -2.39. The first kappa shape index (κ1) is 24.6. The summed E-state index contributed by atoms with van der Waals surface area (Å²) in [5.74, 6) is -0.806. The van der Waals surface area contributed by atoms with Gasteiger partial charge in [0.2, 0.25) is 12.0 Å². The van der Waals surface area contributed by atoms with Crippen LogP contribution in [-0.4, -0.2) is 82.2 Å². The number of phenols is 2. The fraction of sp³-hybridized carbons (Fsp3) is 0.348. The number of ether oxygens (including phenoxy) is 4. The minimum absolute atomic E-state index is 0.00263. The minimum atomic E-state index is -1.72. The molecule has 0 amide bonds. The van der Waals surface area contributed by atoms with Crippen LogP contribution in [-0.2, 0) is 4.74 Å². The van der Waals surface area contributed by atoms with Gasteiger partial charge in [-0.25, -0.2) is 0 Å². The Kier molecular flexibility index (Phi) is 6.74. The average molecular weight is 492 g/mol. The maximum Gasteiger partial charge on any atom is 0.229 e. The summed E-state index contributed by atoms with van der Waals surface area (Å²) in [4.78, 5) is 11.9. The molecule has 1 aliphatic carbocycles. The van der Waals surface area contributed by atoms with Crippen molar-refractivity contribution in [2.24, 2.45) is 0 Å². The van der Waals surface area contributed by atoms with Gasteiger partial charge in [-0.1, -0.05) is 0 Å². The summed E-state index contributed by atoms with van der Waals surface area (Å²) in [5.41, 5.74) is -0.187. The molecule has 0 aromatic heterocycles. The van der Waals surface area contributed by atoms with Gasteiger partial charge in [0.15, 0.2) is 28.4 Å². The molecule has 0 radical (unpaired) electrons. The smallest absolute Gasteiger partial charge is 0.229 e. The van der Waals surface area contributed by atoms with Gasteiger partial charge < -0.3 is 54.0 Å². The van der Waals surface area contributed by atoms with Crippen molar-refractivity contribution >= 4 is 0 Å². The normalized spacial score (nSPS) is 24.3. The molecule has 0 bridgehead atoms. The van der Waals surface area contributed by atoms with Crippen LogP contribution in [0.2, 0.25) is 0 Å². The quantitative estimate of drug-likeness (QED) is 0.271. The highest BCUT2D eigenvalue weighted by Crippen LogP contribution is 2.46. The van der Waals surface area contributed by atoms with Gasteiger partial charge in [0.25, 0.3) is 0 Å². The van der Waals surface area contributed by atoms with E-state index in [1.165, 1.54) is 32.4 Å². The zero-order valence-corrected chi connectivity index (χ0v) is 18.6. The van der Waals surface area contributed by atoms with Crippen molar-refractivity contribution in [3.8, 4) is 51.4 Å². The van der Waals surface area contributed by atoms with Crippen LogP contribution in [0.25, 0.3) is 22.6 Å². The summed E-state index contributed by atoms with van der Waals surface area (Å²) >= 11 is 0. The first-order valence-electron chi connectivity index (χ1n) is 10.4. The van der Waals surface area contributed by atoms with E-state index >= 15 is 0 Å². The van der Waals surface area contributed by atoms with Crippen LogP contribution in [0, 0.1) is 0 Å². The van der Waals surface area contributed by atoms with Crippen molar-refractivity contribution in [3.05, 3.63) is 40.6 Å².